The van der Waals surface area contributed by atoms with E-state index in [9.17, 15) is 23.1 Å². The van der Waals surface area contributed by atoms with Crippen molar-refractivity contribution in [3.05, 3.63) is 93.8 Å². The minimum atomic E-state index is -3.79. The number of anilines is 1. The fraction of sp³-hybridized carbons (Fsp3) is 0.0833. The Hall–Kier alpha value is -4.11. The van der Waals surface area contributed by atoms with E-state index in [0.717, 1.165) is 5.56 Å². The highest BCUT2D eigenvalue weighted by molar-refractivity contribution is 7.92. The average molecular weight is 465 g/mol. The van der Waals surface area contributed by atoms with Crippen molar-refractivity contribution in [2.24, 2.45) is 0 Å². The zero-order chi connectivity index (χ0) is 23.8. The molecule has 0 saturated carbocycles. The molecular weight excluding hydrogens is 446 g/mol. The maximum Gasteiger partial charge on any atom is 0.347 e. The summed E-state index contributed by atoms with van der Waals surface area (Å²) >= 11 is 0. The van der Waals surface area contributed by atoms with Crippen LogP contribution in [0.2, 0.25) is 0 Å². The maximum atomic E-state index is 12.9. The molecular formula is C24H19NO7S. The summed E-state index contributed by atoms with van der Waals surface area (Å²) in [5.74, 6) is -0.796. The van der Waals surface area contributed by atoms with Gasteiger partial charge in [-0.1, -0.05) is 17.7 Å². The molecule has 4 aromatic rings. The lowest BCUT2D eigenvalue weighted by Crippen LogP contribution is -2.15. The molecule has 0 radical (unpaired) electrons. The molecule has 0 fully saturated rings. The number of ether oxygens (including phenoxy) is 1. The number of sulfonamides is 1. The van der Waals surface area contributed by atoms with E-state index in [1.807, 2.05) is 6.92 Å². The standard InChI is InChI=1S/C24H19NO7S/c1-14-3-10-18(11-4-14)33(29,30)25-17-8-5-15(6-9-17)21(27)19-13-16-7-12-20(26)23(31-2)22(16)32-24(19)28/h3-13,25-26H,1-2H3. The Bertz CT molecular complexity index is 1520. The summed E-state index contributed by atoms with van der Waals surface area (Å²) in [5, 5.41) is 10.2. The van der Waals surface area contributed by atoms with Crippen LogP contribution in [0, 0.1) is 6.92 Å². The van der Waals surface area contributed by atoms with Gasteiger partial charge >= 0.3 is 5.63 Å². The molecule has 0 saturated heterocycles. The number of phenols is 1. The van der Waals surface area contributed by atoms with Gasteiger partial charge in [0.15, 0.2) is 17.1 Å². The van der Waals surface area contributed by atoms with Crippen LogP contribution in [0.25, 0.3) is 11.0 Å². The number of aryl methyl sites for hydroxylation is 1. The number of aromatic hydroxyl groups is 1. The monoisotopic (exact) mass is 465 g/mol. The highest BCUT2D eigenvalue weighted by Gasteiger charge is 2.19. The normalized spacial score (nSPS) is 11.3. The molecule has 9 heteroatoms. The van der Waals surface area contributed by atoms with Crippen molar-refractivity contribution >= 4 is 32.5 Å². The van der Waals surface area contributed by atoms with Gasteiger partial charge in [0.05, 0.1) is 12.0 Å². The van der Waals surface area contributed by atoms with E-state index in [2.05, 4.69) is 4.72 Å². The molecule has 168 valence electrons. The zero-order valence-electron chi connectivity index (χ0n) is 17.7. The third-order valence-electron chi connectivity index (χ3n) is 5.02. The predicted octanol–water partition coefficient (Wildman–Crippen LogP) is 3.85. The maximum absolute atomic E-state index is 12.9. The number of fused-ring (bicyclic) bond motifs is 1. The highest BCUT2D eigenvalue weighted by Crippen LogP contribution is 2.34. The van der Waals surface area contributed by atoms with Crippen molar-refractivity contribution in [2.45, 2.75) is 11.8 Å². The Kier molecular flexibility index (Phi) is 5.65. The lowest BCUT2D eigenvalue weighted by molar-refractivity contribution is 0.103. The summed E-state index contributed by atoms with van der Waals surface area (Å²) in [4.78, 5) is 25.5. The number of carbonyl (C=O) groups excluding carboxylic acids is 1. The summed E-state index contributed by atoms with van der Waals surface area (Å²) in [6, 6.07) is 16.3. The Morgan fingerprint density at radius 3 is 2.30 bits per heavy atom. The smallest absolute Gasteiger partial charge is 0.347 e. The van der Waals surface area contributed by atoms with Gasteiger partial charge in [-0.3, -0.25) is 9.52 Å². The van der Waals surface area contributed by atoms with E-state index in [1.54, 1.807) is 12.1 Å². The van der Waals surface area contributed by atoms with E-state index in [4.69, 9.17) is 9.15 Å². The molecule has 2 N–H and O–H groups in total. The fourth-order valence-corrected chi connectivity index (χ4v) is 4.34. The van der Waals surface area contributed by atoms with Crippen molar-refractivity contribution < 1.29 is 27.5 Å². The second-order valence-electron chi connectivity index (χ2n) is 7.31. The van der Waals surface area contributed by atoms with Crippen molar-refractivity contribution in [1.29, 1.82) is 0 Å². The predicted molar refractivity (Wildman–Crippen MR) is 123 cm³/mol. The van der Waals surface area contributed by atoms with Gasteiger partial charge in [0.1, 0.15) is 5.56 Å². The second kappa shape index (κ2) is 8.44. The van der Waals surface area contributed by atoms with E-state index in [1.165, 1.54) is 61.7 Å². The van der Waals surface area contributed by atoms with Crippen LogP contribution in [-0.2, 0) is 10.0 Å². The van der Waals surface area contributed by atoms with Crippen molar-refractivity contribution in [3.8, 4) is 11.5 Å². The van der Waals surface area contributed by atoms with Crippen molar-refractivity contribution in [1.82, 2.24) is 0 Å². The summed E-state index contributed by atoms with van der Waals surface area (Å²) in [7, 11) is -2.47. The van der Waals surface area contributed by atoms with Crippen LogP contribution in [0.4, 0.5) is 5.69 Å². The number of methoxy groups -OCH3 is 1. The molecule has 0 amide bonds. The van der Waals surface area contributed by atoms with Crippen LogP contribution in [0.15, 0.2) is 80.8 Å². The number of nitrogens with one attached hydrogen (secondary N) is 1. The zero-order valence-corrected chi connectivity index (χ0v) is 18.5. The lowest BCUT2D eigenvalue weighted by Gasteiger charge is -2.09. The molecule has 1 heterocycles. The van der Waals surface area contributed by atoms with Gasteiger partial charge in [0, 0.05) is 16.6 Å². The third kappa shape index (κ3) is 4.31. The summed E-state index contributed by atoms with van der Waals surface area (Å²) in [6.07, 6.45) is 0. The summed E-state index contributed by atoms with van der Waals surface area (Å²) in [5.41, 5.74) is 0.303. The number of ketones is 1. The fourth-order valence-electron chi connectivity index (χ4n) is 3.28. The largest absolute Gasteiger partial charge is 0.504 e. The van der Waals surface area contributed by atoms with E-state index in [-0.39, 0.29) is 38.8 Å². The molecule has 1 aromatic heterocycles. The number of rotatable bonds is 6. The summed E-state index contributed by atoms with van der Waals surface area (Å²) < 4.78 is 37.8. The Morgan fingerprint density at radius 2 is 1.67 bits per heavy atom. The third-order valence-corrected chi connectivity index (χ3v) is 6.41. The molecule has 0 aliphatic carbocycles. The minimum Gasteiger partial charge on any atom is -0.504 e. The van der Waals surface area contributed by atoms with Gasteiger partial charge in [0.25, 0.3) is 10.0 Å². The molecule has 0 bridgehead atoms. The molecule has 4 rings (SSSR count). The number of phenolic OH excluding ortho intramolecular Hbond substituents is 1. The Morgan fingerprint density at radius 1 is 1.00 bits per heavy atom. The first kappa shape index (κ1) is 22.1. The van der Waals surface area contributed by atoms with Crippen LogP contribution in [0.3, 0.4) is 0 Å². The van der Waals surface area contributed by atoms with Crippen LogP contribution in [0.5, 0.6) is 11.5 Å². The minimum absolute atomic E-state index is 0.00573. The highest BCUT2D eigenvalue weighted by atomic mass is 32.2. The molecule has 8 nitrogen and oxygen atoms in total. The second-order valence-corrected chi connectivity index (χ2v) is 8.99. The van der Waals surface area contributed by atoms with Gasteiger partial charge in [0.2, 0.25) is 5.75 Å². The van der Waals surface area contributed by atoms with Crippen LogP contribution in [0.1, 0.15) is 21.5 Å². The Labute approximate surface area is 189 Å². The first-order chi connectivity index (χ1) is 15.7. The van der Waals surface area contributed by atoms with Crippen molar-refractivity contribution in [2.75, 3.05) is 11.8 Å². The van der Waals surface area contributed by atoms with Gasteiger partial charge in [-0.25, -0.2) is 13.2 Å². The average Bonchev–Trinajstić information content (AvgIpc) is 2.79. The first-order valence-electron chi connectivity index (χ1n) is 9.77. The quantitative estimate of drug-likeness (QED) is 0.327. The number of hydrogen-bond acceptors (Lipinski definition) is 7. The molecule has 0 aliphatic heterocycles. The SMILES string of the molecule is COc1c(O)ccc2cc(C(=O)c3ccc(NS(=O)(=O)c4ccc(C)cc4)cc3)c(=O)oc12. The van der Waals surface area contributed by atoms with E-state index >= 15 is 0 Å². The number of benzene rings is 3. The van der Waals surface area contributed by atoms with Crippen LogP contribution in [-0.4, -0.2) is 26.4 Å². The molecule has 0 atom stereocenters. The summed E-state index contributed by atoms with van der Waals surface area (Å²) in [6.45, 7) is 1.86. The number of hydrogen-bond donors (Lipinski definition) is 2. The van der Waals surface area contributed by atoms with Gasteiger partial charge in [-0.2, -0.15) is 0 Å². The first-order valence-corrected chi connectivity index (χ1v) is 11.3. The van der Waals surface area contributed by atoms with E-state index < -0.39 is 21.4 Å². The molecule has 3 aromatic carbocycles. The Balaban J connectivity index is 1.62. The van der Waals surface area contributed by atoms with Gasteiger partial charge in [-0.05, 0) is 61.5 Å². The van der Waals surface area contributed by atoms with Crippen LogP contribution < -0.4 is 15.1 Å². The topological polar surface area (TPSA) is 123 Å². The number of carbonyl (C=O) groups is 1. The van der Waals surface area contributed by atoms with Gasteiger partial charge < -0.3 is 14.3 Å². The van der Waals surface area contributed by atoms with Gasteiger partial charge in [-0.15, -0.1) is 0 Å². The van der Waals surface area contributed by atoms with Crippen LogP contribution >= 0.6 is 0 Å². The molecule has 33 heavy (non-hydrogen) atoms. The lowest BCUT2D eigenvalue weighted by atomic mass is 10.0. The molecule has 0 unspecified atom stereocenters. The van der Waals surface area contributed by atoms with Crippen molar-refractivity contribution in [3.63, 3.8) is 0 Å². The van der Waals surface area contributed by atoms with E-state index in [0.29, 0.717) is 5.39 Å². The molecule has 0 spiro atoms. The molecule has 0 aliphatic rings.